The van der Waals surface area contributed by atoms with Gasteiger partial charge in [0, 0.05) is 23.9 Å². The fourth-order valence-electron chi connectivity index (χ4n) is 2.35. The molecule has 1 unspecified atom stereocenters. The fourth-order valence-corrected chi connectivity index (χ4v) is 2.35. The normalized spacial score (nSPS) is 27.3. The minimum atomic E-state index is 0.255. The molecule has 1 N–H and O–H groups in total. The van der Waals surface area contributed by atoms with Crippen LogP contribution in [0.4, 0.5) is 0 Å². The molecule has 2 heteroatoms. The molecule has 1 aromatic rings. The molecule has 2 nitrogen and oxygen atoms in total. The molecule has 0 radical (unpaired) electrons. The van der Waals surface area contributed by atoms with Gasteiger partial charge in [0.2, 0.25) is 0 Å². The van der Waals surface area contributed by atoms with Gasteiger partial charge in [0.15, 0.2) is 0 Å². The summed E-state index contributed by atoms with van der Waals surface area (Å²) in [7, 11) is 0. The first-order chi connectivity index (χ1) is 7.29. The Morgan fingerprint density at radius 3 is 3.07 bits per heavy atom. The largest absolute Gasteiger partial charge is 0.311 e. The minimum absolute atomic E-state index is 0.255. The number of hydrogen-bond acceptors (Lipinski definition) is 2. The Morgan fingerprint density at radius 2 is 2.27 bits per heavy atom. The monoisotopic (exact) mass is 204 g/mol. The van der Waals surface area contributed by atoms with Gasteiger partial charge in [-0.05, 0) is 38.4 Å². The number of rotatable bonds is 2. The Balaban J connectivity index is 2.02. The number of aromatic nitrogens is 1. The molecular weight excluding hydrogens is 184 g/mol. The van der Waals surface area contributed by atoms with Crippen LogP contribution in [-0.2, 0) is 6.42 Å². The molecule has 1 aromatic heterocycles. The Kier molecular flexibility index (Phi) is 3.37. The summed E-state index contributed by atoms with van der Waals surface area (Å²) in [5.74, 6) is 0. The van der Waals surface area contributed by atoms with E-state index in [4.69, 9.17) is 0 Å². The van der Waals surface area contributed by atoms with Crippen molar-refractivity contribution in [1.82, 2.24) is 10.3 Å². The maximum absolute atomic E-state index is 4.41. The first-order valence-electron chi connectivity index (χ1n) is 5.93. The molecule has 1 aliphatic heterocycles. The van der Waals surface area contributed by atoms with Crippen molar-refractivity contribution < 1.29 is 0 Å². The van der Waals surface area contributed by atoms with Crippen LogP contribution in [0, 0.1) is 0 Å². The summed E-state index contributed by atoms with van der Waals surface area (Å²) in [6.07, 6.45) is 8.23. The smallest absolute Gasteiger partial charge is 0.0421 e. The molecule has 1 atom stereocenters. The van der Waals surface area contributed by atoms with E-state index in [9.17, 15) is 0 Å². The van der Waals surface area contributed by atoms with Crippen molar-refractivity contribution in [3.8, 4) is 0 Å². The van der Waals surface area contributed by atoms with Crippen LogP contribution in [0.15, 0.2) is 24.4 Å². The van der Waals surface area contributed by atoms with Crippen molar-refractivity contribution in [2.24, 2.45) is 0 Å². The molecule has 0 spiro atoms. The van der Waals surface area contributed by atoms with E-state index in [1.54, 1.807) is 0 Å². The van der Waals surface area contributed by atoms with Crippen LogP contribution in [0.2, 0.25) is 0 Å². The van der Waals surface area contributed by atoms with Gasteiger partial charge in [0.1, 0.15) is 0 Å². The molecule has 0 aromatic carbocycles. The van der Waals surface area contributed by atoms with Gasteiger partial charge in [0.05, 0.1) is 0 Å². The Hall–Kier alpha value is -0.890. The first-order valence-corrected chi connectivity index (χ1v) is 5.93. The zero-order valence-corrected chi connectivity index (χ0v) is 9.50. The van der Waals surface area contributed by atoms with Gasteiger partial charge in [-0.15, -0.1) is 0 Å². The maximum atomic E-state index is 4.41. The SMILES string of the molecule is CC1(Cc2ccccn2)CCCCCN1. The third kappa shape index (κ3) is 3.03. The summed E-state index contributed by atoms with van der Waals surface area (Å²) in [6.45, 7) is 3.48. The minimum Gasteiger partial charge on any atom is -0.311 e. The first kappa shape index (κ1) is 10.6. The summed E-state index contributed by atoms with van der Waals surface area (Å²) in [5, 5.41) is 3.67. The predicted molar refractivity (Wildman–Crippen MR) is 62.8 cm³/mol. The Bertz CT molecular complexity index is 287. The number of nitrogens with zero attached hydrogens (tertiary/aromatic N) is 1. The Labute approximate surface area is 92.1 Å². The van der Waals surface area contributed by atoms with E-state index < -0.39 is 0 Å². The predicted octanol–water partition coefficient (Wildman–Crippen LogP) is 2.55. The lowest BCUT2D eigenvalue weighted by atomic mass is 9.90. The van der Waals surface area contributed by atoms with Gasteiger partial charge in [-0.1, -0.05) is 18.9 Å². The average molecular weight is 204 g/mol. The van der Waals surface area contributed by atoms with E-state index in [0.717, 1.165) is 13.0 Å². The van der Waals surface area contributed by atoms with E-state index in [1.807, 2.05) is 12.3 Å². The van der Waals surface area contributed by atoms with E-state index in [1.165, 1.54) is 31.4 Å². The van der Waals surface area contributed by atoms with Crippen LogP contribution in [-0.4, -0.2) is 17.1 Å². The molecule has 2 heterocycles. The lowest BCUT2D eigenvalue weighted by molar-refractivity contribution is 0.343. The second kappa shape index (κ2) is 4.75. The van der Waals surface area contributed by atoms with Gasteiger partial charge < -0.3 is 5.32 Å². The van der Waals surface area contributed by atoms with Gasteiger partial charge >= 0.3 is 0 Å². The molecule has 0 bridgehead atoms. The molecule has 2 rings (SSSR count). The highest BCUT2D eigenvalue weighted by Crippen LogP contribution is 2.22. The van der Waals surface area contributed by atoms with E-state index in [2.05, 4.69) is 29.4 Å². The quantitative estimate of drug-likeness (QED) is 0.800. The second-order valence-corrected chi connectivity index (χ2v) is 4.80. The lowest BCUT2D eigenvalue weighted by Crippen LogP contribution is -2.43. The fraction of sp³-hybridized carbons (Fsp3) is 0.615. The van der Waals surface area contributed by atoms with Gasteiger partial charge in [-0.2, -0.15) is 0 Å². The third-order valence-electron chi connectivity index (χ3n) is 3.25. The number of nitrogens with one attached hydrogen (secondary N) is 1. The third-order valence-corrected chi connectivity index (χ3v) is 3.25. The molecular formula is C13H20N2. The zero-order valence-electron chi connectivity index (χ0n) is 9.50. The highest BCUT2D eigenvalue weighted by molar-refractivity contribution is 5.08. The van der Waals surface area contributed by atoms with E-state index in [0.29, 0.717) is 0 Å². The van der Waals surface area contributed by atoms with Crippen LogP contribution in [0.25, 0.3) is 0 Å². The molecule has 82 valence electrons. The van der Waals surface area contributed by atoms with Crippen molar-refractivity contribution in [2.45, 2.75) is 44.6 Å². The topological polar surface area (TPSA) is 24.9 Å². The maximum Gasteiger partial charge on any atom is 0.0421 e. The van der Waals surface area contributed by atoms with E-state index in [-0.39, 0.29) is 5.54 Å². The molecule has 15 heavy (non-hydrogen) atoms. The van der Waals surface area contributed by atoms with Gasteiger partial charge in [-0.3, -0.25) is 4.98 Å². The molecule has 0 saturated carbocycles. The summed E-state index contributed by atoms with van der Waals surface area (Å²) >= 11 is 0. The lowest BCUT2D eigenvalue weighted by Gasteiger charge is -2.29. The van der Waals surface area contributed by atoms with Crippen molar-refractivity contribution in [3.05, 3.63) is 30.1 Å². The average Bonchev–Trinajstić information content (AvgIpc) is 2.45. The highest BCUT2D eigenvalue weighted by Gasteiger charge is 2.25. The summed E-state index contributed by atoms with van der Waals surface area (Å²) in [6, 6.07) is 6.17. The summed E-state index contributed by atoms with van der Waals surface area (Å²) in [5.41, 5.74) is 1.46. The van der Waals surface area contributed by atoms with Crippen LogP contribution in [0.3, 0.4) is 0 Å². The van der Waals surface area contributed by atoms with Crippen LogP contribution >= 0.6 is 0 Å². The zero-order chi connectivity index (χ0) is 10.6. The summed E-state index contributed by atoms with van der Waals surface area (Å²) < 4.78 is 0. The van der Waals surface area contributed by atoms with Crippen molar-refractivity contribution >= 4 is 0 Å². The van der Waals surface area contributed by atoms with E-state index >= 15 is 0 Å². The second-order valence-electron chi connectivity index (χ2n) is 4.80. The van der Waals surface area contributed by atoms with Crippen molar-refractivity contribution in [1.29, 1.82) is 0 Å². The van der Waals surface area contributed by atoms with Crippen LogP contribution in [0.1, 0.15) is 38.3 Å². The number of pyridine rings is 1. The Morgan fingerprint density at radius 1 is 1.33 bits per heavy atom. The standard InChI is InChI=1S/C13H20N2/c1-13(8-4-2-5-10-15-13)11-12-7-3-6-9-14-12/h3,6-7,9,15H,2,4-5,8,10-11H2,1H3. The molecule has 0 aliphatic carbocycles. The molecule has 0 amide bonds. The van der Waals surface area contributed by atoms with Crippen molar-refractivity contribution in [2.75, 3.05) is 6.54 Å². The van der Waals surface area contributed by atoms with Crippen LogP contribution in [0.5, 0.6) is 0 Å². The highest BCUT2D eigenvalue weighted by atomic mass is 15.0. The molecule has 1 aliphatic rings. The van der Waals surface area contributed by atoms with Crippen molar-refractivity contribution in [3.63, 3.8) is 0 Å². The number of hydrogen-bond donors (Lipinski definition) is 1. The molecule has 1 saturated heterocycles. The summed E-state index contributed by atoms with van der Waals surface area (Å²) in [4.78, 5) is 4.41. The molecule has 1 fully saturated rings. The van der Waals surface area contributed by atoms with Crippen LogP contribution < -0.4 is 5.32 Å². The van der Waals surface area contributed by atoms with Gasteiger partial charge in [0.25, 0.3) is 0 Å². The van der Waals surface area contributed by atoms with Gasteiger partial charge in [-0.25, -0.2) is 0 Å².